The minimum Gasteiger partial charge on any atom is -0.508 e. The smallest absolute Gasteiger partial charge is 0.115 e. The number of phenolic OH excluding ortho intramolecular Hbond substituents is 1. The number of hydrogen-bond donors (Lipinski definition) is 2. The SMILES string of the molecule is Oc1cccc([C@@]23CCN(CC4CC4)C[C@@]2(O)Cc2cc4cccc(Br)c4nc2C3)c1. The first-order valence-electron chi connectivity index (χ1n) is 11.3. The Labute approximate surface area is 191 Å². The van der Waals surface area contributed by atoms with Crippen LogP contribution in [0.3, 0.4) is 0 Å². The molecule has 1 saturated carbocycles. The first-order chi connectivity index (χ1) is 15.0. The second kappa shape index (κ2) is 7.03. The highest BCUT2D eigenvalue weighted by Gasteiger charge is 2.57. The third-order valence-electron chi connectivity index (χ3n) is 7.76. The fourth-order valence-electron chi connectivity index (χ4n) is 5.95. The van der Waals surface area contributed by atoms with Gasteiger partial charge in [-0.1, -0.05) is 24.3 Å². The molecule has 2 aliphatic carbocycles. The molecule has 160 valence electrons. The van der Waals surface area contributed by atoms with Crippen LogP contribution in [0.25, 0.3) is 10.9 Å². The molecule has 4 nitrogen and oxygen atoms in total. The van der Waals surface area contributed by atoms with Crippen LogP contribution in [0.4, 0.5) is 0 Å². The molecule has 1 aromatic heterocycles. The molecule has 2 fully saturated rings. The van der Waals surface area contributed by atoms with Gasteiger partial charge in [0.2, 0.25) is 0 Å². The first-order valence-corrected chi connectivity index (χ1v) is 12.1. The Balaban J connectivity index is 1.49. The summed E-state index contributed by atoms with van der Waals surface area (Å²) in [6.07, 6.45) is 4.79. The Bertz CT molecular complexity index is 1180. The third kappa shape index (κ3) is 3.21. The number of likely N-dealkylation sites (tertiary alicyclic amines) is 1. The number of phenols is 1. The number of pyridine rings is 1. The van der Waals surface area contributed by atoms with Gasteiger partial charge in [0, 0.05) is 46.9 Å². The number of para-hydroxylation sites is 1. The summed E-state index contributed by atoms with van der Waals surface area (Å²) in [7, 11) is 0. The number of halogens is 1. The number of fused-ring (bicyclic) bond motifs is 3. The molecule has 6 rings (SSSR count). The summed E-state index contributed by atoms with van der Waals surface area (Å²) in [4.78, 5) is 7.54. The Hall–Kier alpha value is -1.95. The summed E-state index contributed by atoms with van der Waals surface area (Å²) < 4.78 is 0.999. The van der Waals surface area contributed by atoms with Crippen LogP contribution in [0.5, 0.6) is 5.75 Å². The van der Waals surface area contributed by atoms with Gasteiger partial charge in [-0.2, -0.15) is 0 Å². The van der Waals surface area contributed by atoms with Crippen LogP contribution in [0, 0.1) is 5.92 Å². The van der Waals surface area contributed by atoms with E-state index in [2.05, 4.69) is 39.0 Å². The highest BCUT2D eigenvalue weighted by molar-refractivity contribution is 9.10. The Kier molecular flexibility index (Phi) is 4.47. The summed E-state index contributed by atoms with van der Waals surface area (Å²) in [5.41, 5.74) is 2.90. The molecule has 31 heavy (non-hydrogen) atoms. The normalized spacial score (nSPS) is 28.3. The summed E-state index contributed by atoms with van der Waals surface area (Å²) in [5, 5.41) is 23.7. The van der Waals surface area contributed by atoms with E-state index >= 15 is 0 Å². The van der Waals surface area contributed by atoms with Gasteiger partial charge in [-0.3, -0.25) is 4.98 Å². The number of aromatic nitrogens is 1. The van der Waals surface area contributed by atoms with Crippen molar-refractivity contribution < 1.29 is 10.2 Å². The minimum absolute atomic E-state index is 0.259. The van der Waals surface area contributed by atoms with Gasteiger partial charge >= 0.3 is 0 Å². The molecule has 0 bridgehead atoms. The fourth-order valence-corrected chi connectivity index (χ4v) is 6.42. The van der Waals surface area contributed by atoms with Crippen LogP contribution >= 0.6 is 15.9 Å². The second-order valence-corrected chi connectivity index (χ2v) is 10.7. The first kappa shape index (κ1) is 19.7. The molecular formula is C26H27BrN2O2. The average Bonchev–Trinajstić information content (AvgIpc) is 3.55. The van der Waals surface area contributed by atoms with E-state index in [1.165, 1.54) is 12.8 Å². The number of piperidine rings is 1. The molecular weight excluding hydrogens is 452 g/mol. The lowest BCUT2D eigenvalue weighted by atomic mass is 9.56. The Morgan fingerprint density at radius 3 is 2.74 bits per heavy atom. The molecule has 1 aliphatic heterocycles. The van der Waals surface area contributed by atoms with E-state index in [0.29, 0.717) is 19.4 Å². The molecule has 0 unspecified atom stereocenters. The largest absolute Gasteiger partial charge is 0.508 e. The average molecular weight is 479 g/mol. The van der Waals surface area contributed by atoms with Gasteiger partial charge in [-0.25, -0.2) is 0 Å². The number of aliphatic hydroxyl groups is 1. The lowest BCUT2D eigenvalue weighted by Crippen LogP contribution is -2.66. The summed E-state index contributed by atoms with van der Waals surface area (Å²) >= 11 is 3.66. The van der Waals surface area contributed by atoms with Crippen molar-refractivity contribution in [3.63, 3.8) is 0 Å². The predicted octanol–water partition coefficient (Wildman–Crippen LogP) is 4.59. The topological polar surface area (TPSA) is 56.6 Å². The number of benzene rings is 2. The van der Waals surface area contributed by atoms with E-state index < -0.39 is 11.0 Å². The third-order valence-corrected chi connectivity index (χ3v) is 8.40. The van der Waals surface area contributed by atoms with Crippen LogP contribution < -0.4 is 0 Å². The van der Waals surface area contributed by atoms with E-state index in [4.69, 9.17) is 4.98 Å². The van der Waals surface area contributed by atoms with Gasteiger partial charge in [0.25, 0.3) is 0 Å². The zero-order valence-electron chi connectivity index (χ0n) is 17.5. The number of aromatic hydroxyl groups is 1. The van der Waals surface area contributed by atoms with E-state index in [1.807, 2.05) is 24.3 Å². The van der Waals surface area contributed by atoms with Crippen molar-refractivity contribution in [1.29, 1.82) is 0 Å². The lowest BCUT2D eigenvalue weighted by Gasteiger charge is -2.56. The summed E-state index contributed by atoms with van der Waals surface area (Å²) in [6, 6.07) is 15.9. The van der Waals surface area contributed by atoms with Gasteiger partial charge in [0.15, 0.2) is 0 Å². The van der Waals surface area contributed by atoms with Crippen LogP contribution in [0.1, 0.15) is 36.1 Å². The standard InChI is InChI=1S/C26H27BrN2O2/c27-22-6-1-3-18-11-19-13-26(31)16-29(15-17-7-8-17)10-9-25(26,14-23(19)28-24(18)22)20-4-2-5-21(30)12-20/h1-6,11-12,17,30-31H,7-10,13-16H2/t25-,26-/m0/s1. The van der Waals surface area contributed by atoms with Crippen molar-refractivity contribution in [3.8, 4) is 5.75 Å². The number of nitrogens with zero attached hydrogens (tertiary/aromatic N) is 2. The quantitative estimate of drug-likeness (QED) is 0.577. The monoisotopic (exact) mass is 478 g/mol. The van der Waals surface area contributed by atoms with Crippen molar-refractivity contribution >= 4 is 26.8 Å². The van der Waals surface area contributed by atoms with Crippen molar-refractivity contribution in [2.24, 2.45) is 5.92 Å². The zero-order valence-corrected chi connectivity index (χ0v) is 19.1. The van der Waals surface area contributed by atoms with Crippen LogP contribution in [0.15, 0.2) is 53.0 Å². The van der Waals surface area contributed by atoms with Crippen LogP contribution in [-0.2, 0) is 18.3 Å². The highest BCUT2D eigenvalue weighted by atomic mass is 79.9. The minimum atomic E-state index is -0.887. The molecule has 2 heterocycles. The highest BCUT2D eigenvalue weighted by Crippen LogP contribution is 2.51. The van der Waals surface area contributed by atoms with E-state index in [9.17, 15) is 10.2 Å². The van der Waals surface area contributed by atoms with Crippen molar-refractivity contribution in [2.75, 3.05) is 19.6 Å². The number of β-amino-alcohol motifs (C(OH)–C–C–N with tert-alkyl or cyclic N) is 1. The van der Waals surface area contributed by atoms with Gasteiger partial charge in [-0.15, -0.1) is 0 Å². The number of hydrogen-bond acceptors (Lipinski definition) is 4. The molecule has 3 aliphatic rings. The lowest BCUT2D eigenvalue weighted by molar-refractivity contribution is -0.104. The predicted molar refractivity (Wildman–Crippen MR) is 125 cm³/mol. The maximum absolute atomic E-state index is 12.3. The van der Waals surface area contributed by atoms with Gasteiger partial charge in [0.1, 0.15) is 5.75 Å². The number of rotatable bonds is 3. The second-order valence-electron chi connectivity index (χ2n) is 9.85. The molecule has 0 spiro atoms. The zero-order chi connectivity index (χ0) is 21.2. The van der Waals surface area contributed by atoms with Crippen molar-refractivity contribution in [3.05, 3.63) is 69.8 Å². The van der Waals surface area contributed by atoms with Crippen molar-refractivity contribution in [2.45, 2.75) is 43.1 Å². The fraction of sp³-hybridized carbons (Fsp3) is 0.423. The van der Waals surface area contributed by atoms with Crippen LogP contribution in [-0.4, -0.2) is 45.3 Å². The Morgan fingerprint density at radius 2 is 1.94 bits per heavy atom. The van der Waals surface area contributed by atoms with E-state index in [-0.39, 0.29) is 5.75 Å². The van der Waals surface area contributed by atoms with Gasteiger partial charge in [0.05, 0.1) is 11.1 Å². The molecule has 2 atom stereocenters. The van der Waals surface area contributed by atoms with E-state index in [1.54, 1.807) is 6.07 Å². The van der Waals surface area contributed by atoms with Crippen molar-refractivity contribution in [1.82, 2.24) is 9.88 Å². The summed E-state index contributed by atoms with van der Waals surface area (Å²) in [6.45, 7) is 2.74. The molecule has 0 radical (unpaired) electrons. The van der Waals surface area contributed by atoms with E-state index in [0.717, 1.165) is 57.6 Å². The van der Waals surface area contributed by atoms with Gasteiger partial charge < -0.3 is 15.1 Å². The molecule has 0 amide bonds. The summed E-state index contributed by atoms with van der Waals surface area (Å²) in [5.74, 6) is 1.06. The molecule has 2 N–H and O–H groups in total. The Morgan fingerprint density at radius 1 is 1.10 bits per heavy atom. The maximum atomic E-state index is 12.3. The maximum Gasteiger partial charge on any atom is 0.115 e. The molecule has 1 saturated heterocycles. The van der Waals surface area contributed by atoms with Gasteiger partial charge in [-0.05, 0) is 83.0 Å². The molecule has 2 aromatic carbocycles. The molecule has 5 heteroatoms. The molecule has 3 aromatic rings. The van der Waals surface area contributed by atoms with Crippen LogP contribution in [0.2, 0.25) is 0 Å².